The van der Waals surface area contributed by atoms with Crippen molar-refractivity contribution in [2.75, 3.05) is 13.2 Å². The molecule has 1 amide bonds. The van der Waals surface area contributed by atoms with Crippen LogP contribution in [0.15, 0.2) is 24.3 Å². The lowest BCUT2D eigenvalue weighted by atomic mass is 10.1. The first-order chi connectivity index (χ1) is 8.83. The van der Waals surface area contributed by atoms with Crippen molar-refractivity contribution in [3.8, 4) is 5.75 Å². The predicted octanol–water partition coefficient (Wildman–Crippen LogP) is 0.617. The highest BCUT2D eigenvalue weighted by atomic mass is 16.5. The van der Waals surface area contributed by atoms with E-state index in [2.05, 4.69) is 5.32 Å². The highest BCUT2D eigenvalue weighted by Crippen LogP contribution is 2.13. The molecule has 0 spiro atoms. The average Bonchev–Trinajstić information content (AvgIpc) is 2.35. The number of nitrogens with one attached hydrogen (secondary N) is 1. The van der Waals surface area contributed by atoms with E-state index in [-0.39, 0.29) is 5.56 Å². The van der Waals surface area contributed by atoms with Crippen molar-refractivity contribution in [3.05, 3.63) is 29.8 Å². The van der Waals surface area contributed by atoms with Crippen LogP contribution in [0.5, 0.6) is 5.75 Å². The van der Waals surface area contributed by atoms with Gasteiger partial charge in [0.05, 0.1) is 11.1 Å². The van der Waals surface area contributed by atoms with E-state index in [1.165, 1.54) is 12.1 Å². The Kier molecular flexibility index (Phi) is 4.88. The highest BCUT2D eigenvalue weighted by Gasteiger charge is 2.23. The average molecular weight is 266 g/mol. The van der Waals surface area contributed by atoms with E-state index in [1.54, 1.807) is 26.0 Å². The van der Waals surface area contributed by atoms with E-state index in [0.717, 1.165) is 0 Å². The molecule has 0 heterocycles. The molecule has 19 heavy (non-hydrogen) atoms. The molecule has 0 aliphatic heterocycles. The van der Waals surface area contributed by atoms with Crippen molar-refractivity contribution >= 4 is 11.9 Å². The second-order valence-electron chi connectivity index (χ2n) is 4.60. The number of amides is 1. The number of carbonyl (C=O) groups is 2. The Morgan fingerprint density at radius 1 is 1.42 bits per heavy atom. The van der Waals surface area contributed by atoms with E-state index < -0.39 is 17.4 Å². The predicted molar refractivity (Wildman–Crippen MR) is 70.2 cm³/mol. The third kappa shape index (κ3) is 4.59. The standard InChI is InChI=1S/C13H18N2O4/c1-13(2,12(14)18)15-6-7-19-10-5-3-4-9(8-10)11(16)17/h3-5,8,15H,6-7H2,1-2H3,(H2,14,18)(H,16,17). The van der Waals surface area contributed by atoms with Crippen LogP contribution in [0.2, 0.25) is 0 Å². The first kappa shape index (κ1) is 15.0. The molecule has 0 aliphatic carbocycles. The van der Waals surface area contributed by atoms with E-state index in [9.17, 15) is 9.59 Å². The number of nitrogens with two attached hydrogens (primary N) is 1. The molecule has 0 saturated heterocycles. The minimum Gasteiger partial charge on any atom is -0.492 e. The van der Waals surface area contributed by atoms with Crippen molar-refractivity contribution < 1.29 is 19.4 Å². The summed E-state index contributed by atoms with van der Waals surface area (Å²) in [6, 6.07) is 6.22. The molecule has 4 N–H and O–H groups in total. The molecule has 1 rings (SSSR count). The van der Waals surface area contributed by atoms with Crippen LogP contribution >= 0.6 is 0 Å². The van der Waals surface area contributed by atoms with Crippen LogP contribution in [0, 0.1) is 0 Å². The maximum Gasteiger partial charge on any atom is 0.335 e. The summed E-state index contributed by atoms with van der Waals surface area (Å²) in [4.78, 5) is 21.8. The molecule has 0 saturated carbocycles. The van der Waals surface area contributed by atoms with Crippen molar-refractivity contribution in [1.82, 2.24) is 5.32 Å². The lowest BCUT2D eigenvalue weighted by Crippen LogP contribution is -2.51. The molecule has 1 aromatic rings. The van der Waals surface area contributed by atoms with Gasteiger partial charge < -0.3 is 20.9 Å². The lowest BCUT2D eigenvalue weighted by Gasteiger charge is -2.22. The summed E-state index contributed by atoms with van der Waals surface area (Å²) in [5, 5.41) is 11.8. The SMILES string of the molecule is CC(C)(NCCOc1cccc(C(=O)O)c1)C(N)=O. The molecule has 0 atom stereocenters. The first-order valence-corrected chi connectivity index (χ1v) is 5.84. The van der Waals surface area contributed by atoms with Gasteiger partial charge in [0.15, 0.2) is 0 Å². The highest BCUT2D eigenvalue weighted by molar-refractivity contribution is 5.88. The Bertz CT molecular complexity index is 471. The van der Waals surface area contributed by atoms with Crippen molar-refractivity contribution in [2.45, 2.75) is 19.4 Å². The van der Waals surface area contributed by atoms with Gasteiger partial charge in [-0.2, -0.15) is 0 Å². The van der Waals surface area contributed by atoms with Crippen LogP contribution in [0.3, 0.4) is 0 Å². The molecular formula is C13H18N2O4. The van der Waals surface area contributed by atoms with E-state index >= 15 is 0 Å². The van der Waals surface area contributed by atoms with Gasteiger partial charge in [-0.15, -0.1) is 0 Å². The molecule has 104 valence electrons. The van der Waals surface area contributed by atoms with Gasteiger partial charge in [0.2, 0.25) is 5.91 Å². The summed E-state index contributed by atoms with van der Waals surface area (Å²) in [7, 11) is 0. The minimum atomic E-state index is -1.00. The Morgan fingerprint density at radius 3 is 2.68 bits per heavy atom. The van der Waals surface area contributed by atoms with Crippen molar-refractivity contribution in [3.63, 3.8) is 0 Å². The van der Waals surface area contributed by atoms with Gasteiger partial charge in [-0.3, -0.25) is 4.79 Å². The third-order valence-corrected chi connectivity index (χ3v) is 2.63. The number of carboxylic acid groups (broad SMARTS) is 1. The van der Waals surface area contributed by atoms with Crippen molar-refractivity contribution in [1.29, 1.82) is 0 Å². The van der Waals surface area contributed by atoms with Crippen LogP contribution < -0.4 is 15.8 Å². The van der Waals surface area contributed by atoms with Crippen molar-refractivity contribution in [2.24, 2.45) is 5.73 Å². The topological polar surface area (TPSA) is 102 Å². The summed E-state index contributed by atoms with van der Waals surface area (Å²) in [5.41, 5.74) is 4.58. The Balaban J connectivity index is 2.44. The molecule has 0 bridgehead atoms. The molecule has 0 fully saturated rings. The zero-order valence-electron chi connectivity index (χ0n) is 11.0. The zero-order valence-corrected chi connectivity index (χ0v) is 11.0. The summed E-state index contributed by atoms with van der Waals surface area (Å²) in [5.74, 6) is -0.975. The Hall–Kier alpha value is -2.08. The van der Waals surface area contributed by atoms with Gasteiger partial charge in [0, 0.05) is 6.54 Å². The molecule has 0 radical (unpaired) electrons. The van der Waals surface area contributed by atoms with Gasteiger partial charge in [-0.1, -0.05) is 6.07 Å². The number of hydrogen-bond donors (Lipinski definition) is 3. The smallest absolute Gasteiger partial charge is 0.335 e. The summed E-state index contributed by atoms with van der Waals surface area (Å²) < 4.78 is 5.39. The molecular weight excluding hydrogens is 248 g/mol. The Labute approximate surface area is 111 Å². The number of aromatic carboxylic acids is 1. The second-order valence-corrected chi connectivity index (χ2v) is 4.60. The number of carboxylic acids is 1. The largest absolute Gasteiger partial charge is 0.492 e. The monoisotopic (exact) mass is 266 g/mol. The number of carbonyl (C=O) groups excluding carboxylic acids is 1. The maximum absolute atomic E-state index is 11.1. The second kappa shape index (κ2) is 6.19. The lowest BCUT2D eigenvalue weighted by molar-refractivity contribution is -0.123. The van der Waals surface area contributed by atoms with Gasteiger partial charge >= 0.3 is 5.97 Å². The van der Waals surface area contributed by atoms with Gasteiger partial charge in [0.1, 0.15) is 12.4 Å². The van der Waals surface area contributed by atoms with Crippen LogP contribution in [0.25, 0.3) is 0 Å². The molecule has 1 aromatic carbocycles. The summed E-state index contributed by atoms with van der Waals surface area (Å²) in [6.07, 6.45) is 0. The number of rotatable bonds is 7. The summed E-state index contributed by atoms with van der Waals surface area (Å²) >= 11 is 0. The minimum absolute atomic E-state index is 0.169. The van der Waals surface area contributed by atoms with Crippen LogP contribution in [-0.2, 0) is 4.79 Å². The third-order valence-electron chi connectivity index (χ3n) is 2.63. The molecule has 0 aliphatic rings. The number of primary amides is 1. The molecule has 0 aromatic heterocycles. The van der Waals surface area contributed by atoms with Crippen LogP contribution in [0.4, 0.5) is 0 Å². The normalized spacial score (nSPS) is 11.1. The number of hydrogen-bond acceptors (Lipinski definition) is 4. The van der Waals surface area contributed by atoms with E-state index in [1.807, 2.05) is 0 Å². The quantitative estimate of drug-likeness (QED) is 0.628. The molecule has 6 heteroatoms. The fraction of sp³-hybridized carbons (Fsp3) is 0.385. The Morgan fingerprint density at radius 2 is 2.11 bits per heavy atom. The zero-order chi connectivity index (χ0) is 14.5. The van der Waals surface area contributed by atoms with Crippen LogP contribution in [0.1, 0.15) is 24.2 Å². The first-order valence-electron chi connectivity index (χ1n) is 5.84. The summed E-state index contributed by atoms with van der Waals surface area (Å²) in [6.45, 7) is 4.09. The van der Waals surface area contributed by atoms with Crippen LogP contribution in [-0.4, -0.2) is 35.7 Å². The number of ether oxygens (including phenoxy) is 1. The maximum atomic E-state index is 11.1. The van der Waals surface area contributed by atoms with E-state index in [0.29, 0.717) is 18.9 Å². The van der Waals surface area contributed by atoms with Gasteiger partial charge in [-0.25, -0.2) is 4.79 Å². The van der Waals surface area contributed by atoms with Gasteiger partial charge in [0.25, 0.3) is 0 Å². The van der Waals surface area contributed by atoms with E-state index in [4.69, 9.17) is 15.6 Å². The van der Waals surface area contributed by atoms with Gasteiger partial charge in [-0.05, 0) is 32.0 Å². The fourth-order valence-electron chi connectivity index (χ4n) is 1.34. The molecule has 0 unspecified atom stereocenters. The number of benzene rings is 1. The molecule has 6 nitrogen and oxygen atoms in total. The fourth-order valence-corrected chi connectivity index (χ4v) is 1.34.